The molecule has 8 heteroatoms. The average Bonchev–Trinajstić information content (AvgIpc) is 2.72. The van der Waals surface area contributed by atoms with Crippen molar-refractivity contribution in [3.8, 4) is 0 Å². The molecule has 1 amide bonds. The van der Waals surface area contributed by atoms with Crippen LogP contribution in [-0.4, -0.2) is 37.9 Å². The second kappa shape index (κ2) is 5.76. The molecule has 3 N–H and O–H groups in total. The van der Waals surface area contributed by atoms with E-state index in [2.05, 4.69) is 10.3 Å². The van der Waals surface area contributed by atoms with Gasteiger partial charge in [-0.2, -0.15) is 0 Å². The predicted molar refractivity (Wildman–Crippen MR) is 80.7 cm³/mol. The number of hydrogen-bond donors (Lipinski definition) is 2. The lowest BCUT2D eigenvalue weighted by molar-refractivity contribution is 0.0958. The molecule has 0 bridgehead atoms. The van der Waals surface area contributed by atoms with Gasteiger partial charge in [-0.1, -0.05) is 0 Å². The largest absolute Gasteiger partial charge is 0.397 e. The topological polar surface area (TPSA) is 102 Å². The number of thiophene rings is 1. The van der Waals surface area contributed by atoms with E-state index in [1.807, 2.05) is 6.07 Å². The normalized spacial score (nSPS) is 11.7. The fraction of sp³-hybridized carbons (Fsp3) is 0.333. The van der Waals surface area contributed by atoms with E-state index < -0.39 is 9.84 Å². The van der Waals surface area contributed by atoms with Crippen LogP contribution in [0.2, 0.25) is 0 Å². The maximum atomic E-state index is 12.0. The quantitative estimate of drug-likeness (QED) is 0.803. The average molecular weight is 313 g/mol. The summed E-state index contributed by atoms with van der Waals surface area (Å²) < 4.78 is 22.0. The van der Waals surface area contributed by atoms with Crippen LogP contribution in [0.3, 0.4) is 0 Å². The second-order valence-corrected chi connectivity index (χ2v) is 7.70. The number of nitrogens with two attached hydrogens (primary N) is 1. The van der Waals surface area contributed by atoms with Gasteiger partial charge in [-0.15, -0.1) is 11.3 Å². The van der Waals surface area contributed by atoms with E-state index in [0.29, 0.717) is 28.4 Å². The third-order valence-electron chi connectivity index (χ3n) is 2.69. The molecule has 0 fully saturated rings. The number of carbonyl (C=O) groups excluding carboxylic acids is 1. The highest BCUT2D eigenvalue weighted by atomic mass is 32.2. The number of aromatic nitrogens is 1. The zero-order valence-electron chi connectivity index (χ0n) is 10.9. The Morgan fingerprint density at radius 2 is 2.25 bits per heavy atom. The standard InChI is InChI=1S/C12H15N3O3S2/c1-20(17,18)7-3-6-14-11(16)10-9(13)8-4-2-5-15-12(8)19-10/h2,4-5H,3,6-7,13H2,1H3,(H,14,16). The minimum Gasteiger partial charge on any atom is -0.397 e. The number of sulfone groups is 1. The molecule has 0 saturated carbocycles. The van der Waals surface area contributed by atoms with Crippen molar-refractivity contribution in [3.63, 3.8) is 0 Å². The van der Waals surface area contributed by atoms with Gasteiger partial charge in [0.15, 0.2) is 0 Å². The number of anilines is 1. The SMILES string of the molecule is CS(=O)(=O)CCCNC(=O)c1sc2ncccc2c1N. The highest BCUT2D eigenvalue weighted by Crippen LogP contribution is 2.31. The molecule has 2 aromatic heterocycles. The lowest BCUT2D eigenvalue weighted by Gasteiger charge is -2.03. The van der Waals surface area contributed by atoms with E-state index >= 15 is 0 Å². The van der Waals surface area contributed by atoms with Crippen LogP contribution in [-0.2, 0) is 9.84 Å². The van der Waals surface area contributed by atoms with E-state index in [0.717, 1.165) is 5.39 Å². The molecule has 0 atom stereocenters. The molecule has 0 saturated heterocycles. The monoisotopic (exact) mass is 313 g/mol. The van der Waals surface area contributed by atoms with Crippen molar-refractivity contribution < 1.29 is 13.2 Å². The summed E-state index contributed by atoms with van der Waals surface area (Å²) in [6.45, 7) is 0.299. The van der Waals surface area contributed by atoms with Crippen molar-refractivity contribution in [2.75, 3.05) is 24.3 Å². The Bertz CT molecular complexity index is 737. The summed E-state index contributed by atoms with van der Waals surface area (Å²) in [6, 6.07) is 3.58. The fourth-order valence-electron chi connectivity index (χ4n) is 1.74. The second-order valence-electron chi connectivity index (χ2n) is 4.44. The molecule has 0 aliphatic rings. The summed E-state index contributed by atoms with van der Waals surface area (Å²) in [5.74, 6) is -0.240. The molecule has 0 unspecified atom stereocenters. The number of carbonyl (C=O) groups is 1. The highest BCUT2D eigenvalue weighted by Gasteiger charge is 2.16. The Labute approximate surface area is 120 Å². The lowest BCUT2D eigenvalue weighted by Crippen LogP contribution is -2.25. The summed E-state index contributed by atoms with van der Waals surface area (Å²) >= 11 is 1.23. The molecule has 2 rings (SSSR count). The number of rotatable bonds is 5. The van der Waals surface area contributed by atoms with Crippen LogP contribution in [0, 0.1) is 0 Å². The number of fused-ring (bicyclic) bond motifs is 1. The molecule has 20 heavy (non-hydrogen) atoms. The van der Waals surface area contributed by atoms with Gasteiger partial charge in [0.05, 0.1) is 11.4 Å². The van der Waals surface area contributed by atoms with Crippen LogP contribution in [0.25, 0.3) is 10.2 Å². The van der Waals surface area contributed by atoms with Gasteiger partial charge in [-0.05, 0) is 18.6 Å². The maximum absolute atomic E-state index is 12.0. The van der Waals surface area contributed by atoms with Gasteiger partial charge >= 0.3 is 0 Å². The first-order valence-electron chi connectivity index (χ1n) is 5.97. The Balaban J connectivity index is 2.03. The van der Waals surface area contributed by atoms with Gasteiger partial charge in [0.2, 0.25) is 0 Å². The van der Waals surface area contributed by atoms with Crippen LogP contribution in [0.4, 0.5) is 5.69 Å². The first kappa shape index (κ1) is 14.7. The van der Waals surface area contributed by atoms with E-state index in [-0.39, 0.29) is 11.7 Å². The summed E-state index contributed by atoms with van der Waals surface area (Å²) in [7, 11) is -3.00. The lowest BCUT2D eigenvalue weighted by atomic mass is 10.2. The fourth-order valence-corrected chi connectivity index (χ4v) is 3.38. The van der Waals surface area contributed by atoms with Crippen LogP contribution in [0.15, 0.2) is 18.3 Å². The highest BCUT2D eigenvalue weighted by molar-refractivity contribution is 7.90. The minimum atomic E-state index is -3.00. The molecule has 6 nitrogen and oxygen atoms in total. The van der Waals surface area contributed by atoms with Gasteiger partial charge in [0.1, 0.15) is 19.5 Å². The summed E-state index contributed by atoms with van der Waals surface area (Å²) in [5, 5.41) is 3.44. The predicted octanol–water partition coefficient (Wildman–Crippen LogP) is 1.04. The number of nitrogen functional groups attached to an aromatic ring is 1. The Morgan fingerprint density at radius 3 is 2.90 bits per heavy atom. The van der Waals surface area contributed by atoms with Crippen molar-refractivity contribution in [3.05, 3.63) is 23.2 Å². The minimum absolute atomic E-state index is 0.0523. The van der Waals surface area contributed by atoms with Gasteiger partial charge in [0.25, 0.3) is 5.91 Å². The summed E-state index contributed by atoms with van der Waals surface area (Å²) in [6.07, 6.45) is 3.20. The number of pyridine rings is 1. The third kappa shape index (κ3) is 3.45. The molecule has 0 spiro atoms. The molecule has 0 aliphatic heterocycles. The molecular weight excluding hydrogens is 298 g/mol. The Kier molecular flexibility index (Phi) is 4.24. The van der Waals surface area contributed by atoms with Crippen molar-refractivity contribution >= 4 is 43.0 Å². The Morgan fingerprint density at radius 1 is 1.50 bits per heavy atom. The van der Waals surface area contributed by atoms with Gasteiger partial charge in [-0.3, -0.25) is 4.79 Å². The van der Waals surface area contributed by atoms with Crippen LogP contribution < -0.4 is 11.1 Å². The Hall–Kier alpha value is -1.67. The van der Waals surface area contributed by atoms with E-state index in [1.165, 1.54) is 17.6 Å². The van der Waals surface area contributed by atoms with Crippen molar-refractivity contribution in [1.82, 2.24) is 10.3 Å². The first-order chi connectivity index (χ1) is 9.38. The molecule has 108 valence electrons. The van der Waals surface area contributed by atoms with Crippen molar-refractivity contribution in [2.45, 2.75) is 6.42 Å². The van der Waals surface area contributed by atoms with Crippen LogP contribution >= 0.6 is 11.3 Å². The number of nitrogens with zero attached hydrogens (tertiary/aromatic N) is 1. The van der Waals surface area contributed by atoms with Crippen LogP contribution in [0.1, 0.15) is 16.1 Å². The maximum Gasteiger partial charge on any atom is 0.263 e. The third-order valence-corrected chi connectivity index (χ3v) is 4.85. The summed E-state index contributed by atoms with van der Waals surface area (Å²) in [4.78, 5) is 17.3. The molecule has 0 radical (unpaired) electrons. The molecule has 0 aliphatic carbocycles. The molecule has 2 heterocycles. The molecule has 0 aromatic carbocycles. The van der Waals surface area contributed by atoms with Gasteiger partial charge in [-0.25, -0.2) is 13.4 Å². The summed E-state index contributed by atoms with van der Waals surface area (Å²) in [5.41, 5.74) is 6.34. The number of hydrogen-bond acceptors (Lipinski definition) is 6. The zero-order chi connectivity index (χ0) is 14.8. The van der Waals surface area contributed by atoms with Crippen LogP contribution in [0.5, 0.6) is 0 Å². The van der Waals surface area contributed by atoms with Gasteiger partial charge < -0.3 is 11.1 Å². The van der Waals surface area contributed by atoms with Crippen molar-refractivity contribution in [1.29, 1.82) is 0 Å². The first-order valence-corrected chi connectivity index (χ1v) is 8.85. The van der Waals surface area contributed by atoms with E-state index in [9.17, 15) is 13.2 Å². The molecular formula is C12H15N3O3S2. The number of amides is 1. The number of nitrogens with one attached hydrogen (secondary N) is 1. The van der Waals surface area contributed by atoms with Crippen molar-refractivity contribution in [2.24, 2.45) is 0 Å². The molecule has 2 aromatic rings. The zero-order valence-corrected chi connectivity index (χ0v) is 12.6. The smallest absolute Gasteiger partial charge is 0.263 e. The van der Waals surface area contributed by atoms with E-state index in [1.54, 1.807) is 12.3 Å². The van der Waals surface area contributed by atoms with E-state index in [4.69, 9.17) is 5.73 Å². The van der Waals surface area contributed by atoms with Gasteiger partial charge in [0, 0.05) is 24.4 Å².